The number of nitrogens with two attached hydrogens (primary N) is 1. The van der Waals surface area contributed by atoms with E-state index in [1.165, 1.54) is 5.56 Å². The van der Waals surface area contributed by atoms with Gasteiger partial charge < -0.3 is 5.73 Å². The Bertz CT molecular complexity index is 370. The van der Waals surface area contributed by atoms with Gasteiger partial charge in [-0.05, 0) is 30.0 Å². The van der Waals surface area contributed by atoms with Gasteiger partial charge in [-0.25, -0.2) is 0 Å². The van der Waals surface area contributed by atoms with Crippen molar-refractivity contribution >= 4 is 15.9 Å². The van der Waals surface area contributed by atoms with Crippen LogP contribution in [0.5, 0.6) is 0 Å². The highest BCUT2D eigenvalue weighted by atomic mass is 79.9. The van der Waals surface area contributed by atoms with E-state index in [2.05, 4.69) is 58.9 Å². The third kappa shape index (κ3) is 2.90. The highest BCUT2D eigenvalue weighted by molar-refractivity contribution is 9.10. The molecule has 0 saturated carbocycles. The van der Waals surface area contributed by atoms with Crippen molar-refractivity contribution in [1.29, 1.82) is 0 Å². The van der Waals surface area contributed by atoms with Gasteiger partial charge in [-0.3, -0.25) is 4.90 Å². The predicted octanol–water partition coefficient (Wildman–Crippen LogP) is 3.18. The van der Waals surface area contributed by atoms with Crippen LogP contribution in [0.1, 0.15) is 31.9 Å². The molecule has 0 radical (unpaired) electrons. The molecule has 1 saturated heterocycles. The Labute approximate surface area is 112 Å². The molecular formula is C14H21BrN2. The van der Waals surface area contributed by atoms with E-state index in [9.17, 15) is 0 Å². The second kappa shape index (κ2) is 5.51. The van der Waals surface area contributed by atoms with Crippen LogP contribution < -0.4 is 5.73 Å². The Balaban J connectivity index is 2.17. The second-order valence-corrected chi connectivity index (χ2v) is 5.99. The highest BCUT2D eigenvalue weighted by Gasteiger charge is 2.31. The van der Waals surface area contributed by atoms with Gasteiger partial charge in [0.05, 0.1) is 0 Å². The van der Waals surface area contributed by atoms with E-state index in [-0.39, 0.29) is 0 Å². The van der Waals surface area contributed by atoms with Gasteiger partial charge in [0.2, 0.25) is 0 Å². The van der Waals surface area contributed by atoms with Crippen molar-refractivity contribution in [2.75, 3.05) is 13.1 Å². The van der Waals surface area contributed by atoms with Gasteiger partial charge >= 0.3 is 0 Å². The summed E-state index contributed by atoms with van der Waals surface area (Å²) < 4.78 is 1.16. The summed E-state index contributed by atoms with van der Waals surface area (Å²) in [6.45, 7) is 6.64. The fraction of sp³-hybridized carbons (Fsp3) is 0.571. The summed E-state index contributed by atoms with van der Waals surface area (Å²) in [6.07, 6.45) is 1.13. The van der Waals surface area contributed by atoms with Crippen LogP contribution in [0, 0.1) is 5.92 Å². The Kier molecular flexibility index (Phi) is 4.23. The number of hydrogen-bond acceptors (Lipinski definition) is 2. The number of hydrogen-bond donors (Lipinski definition) is 1. The minimum atomic E-state index is 0.330. The number of nitrogens with zero attached hydrogens (tertiary/aromatic N) is 1. The van der Waals surface area contributed by atoms with Crippen LogP contribution in [0.4, 0.5) is 0 Å². The van der Waals surface area contributed by atoms with Crippen molar-refractivity contribution in [1.82, 2.24) is 4.90 Å². The molecule has 3 heteroatoms. The van der Waals surface area contributed by atoms with Crippen LogP contribution in [0.15, 0.2) is 28.7 Å². The predicted molar refractivity (Wildman–Crippen MR) is 75.9 cm³/mol. The molecule has 0 aliphatic carbocycles. The summed E-state index contributed by atoms with van der Waals surface area (Å²) in [5, 5.41) is 0. The molecule has 0 bridgehead atoms. The average molecular weight is 297 g/mol. The van der Waals surface area contributed by atoms with Crippen LogP contribution in [0.3, 0.4) is 0 Å². The molecule has 2 N–H and O–H groups in total. The molecule has 17 heavy (non-hydrogen) atoms. The van der Waals surface area contributed by atoms with Crippen molar-refractivity contribution in [2.24, 2.45) is 11.7 Å². The summed E-state index contributed by atoms with van der Waals surface area (Å²) >= 11 is 3.55. The Morgan fingerprint density at radius 1 is 1.47 bits per heavy atom. The molecule has 0 amide bonds. The zero-order valence-electron chi connectivity index (χ0n) is 10.6. The van der Waals surface area contributed by atoms with E-state index in [0.717, 1.165) is 24.0 Å². The molecule has 0 spiro atoms. The summed E-state index contributed by atoms with van der Waals surface area (Å²) in [5.74, 6) is 0.608. The molecule has 3 unspecified atom stereocenters. The van der Waals surface area contributed by atoms with Crippen molar-refractivity contribution in [2.45, 2.75) is 32.4 Å². The molecule has 1 aromatic rings. The summed E-state index contributed by atoms with van der Waals surface area (Å²) in [7, 11) is 0. The highest BCUT2D eigenvalue weighted by Crippen LogP contribution is 2.30. The van der Waals surface area contributed by atoms with Gasteiger partial charge in [0.15, 0.2) is 0 Å². The molecule has 94 valence electrons. The van der Waals surface area contributed by atoms with E-state index in [1.54, 1.807) is 0 Å². The Hall–Kier alpha value is -0.380. The van der Waals surface area contributed by atoms with Crippen LogP contribution in [0.2, 0.25) is 0 Å². The minimum absolute atomic E-state index is 0.330. The topological polar surface area (TPSA) is 29.3 Å². The molecule has 2 rings (SSSR count). The third-order valence-electron chi connectivity index (χ3n) is 3.76. The standard InChI is InChI=1S/C14H21BrN2/c1-3-14(11-5-4-6-12(15)7-11)17-8-10(2)13(16)9-17/h4-7,10,13-14H,3,8-9,16H2,1-2H3. The fourth-order valence-electron chi connectivity index (χ4n) is 2.70. The molecule has 1 heterocycles. The smallest absolute Gasteiger partial charge is 0.0346 e. The van der Waals surface area contributed by atoms with E-state index in [1.807, 2.05) is 0 Å². The van der Waals surface area contributed by atoms with Crippen molar-refractivity contribution in [3.8, 4) is 0 Å². The van der Waals surface area contributed by atoms with Crippen LogP contribution >= 0.6 is 15.9 Å². The SMILES string of the molecule is CCC(c1cccc(Br)c1)N1CC(C)C(N)C1. The zero-order chi connectivity index (χ0) is 12.4. The van der Waals surface area contributed by atoms with Gasteiger partial charge in [0.1, 0.15) is 0 Å². The van der Waals surface area contributed by atoms with Gasteiger partial charge in [-0.1, -0.05) is 41.9 Å². The molecule has 3 atom stereocenters. The largest absolute Gasteiger partial charge is 0.326 e. The van der Waals surface area contributed by atoms with Gasteiger partial charge in [-0.2, -0.15) is 0 Å². The first-order valence-corrected chi connectivity index (χ1v) is 7.16. The first kappa shape index (κ1) is 13.1. The first-order chi connectivity index (χ1) is 8.11. The van der Waals surface area contributed by atoms with Crippen LogP contribution in [-0.4, -0.2) is 24.0 Å². The monoisotopic (exact) mass is 296 g/mol. The summed E-state index contributed by atoms with van der Waals surface area (Å²) in [6, 6.07) is 9.46. The lowest BCUT2D eigenvalue weighted by atomic mass is 10.0. The molecule has 1 aliphatic rings. The minimum Gasteiger partial charge on any atom is -0.326 e. The maximum absolute atomic E-state index is 6.12. The average Bonchev–Trinajstić information content (AvgIpc) is 2.60. The quantitative estimate of drug-likeness (QED) is 0.928. The summed E-state index contributed by atoms with van der Waals surface area (Å²) in [4.78, 5) is 2.52. The lowest BCUT2D eigenvalue weighted by molar-refractivity contribution is 0.231. The molecule has 1 fully saturated rings. The van der Waals surface area contributed by atoms with Gasteiger partial charge in [-0.15, -0.1) is 0 Å². The molecule has 2 nitrogen and oxygen atoms in total. The van der Waals surface area contributed by atoms with Crippen LogP contribution in [-0.2, 0) is 0 Å². The Morgan fingerprint density at radius 2 is 2.24 bits per heavy atom. The number of benzene rings is 1. The second-order valence-electron chi connectivity index (χ2n) is 5.07. The van der Waals surface area contributed by atoms with Gasteiger partial charge in [0.25, 0.3) is 0 Å². The first-order valence-electron chi connectivity index (χ1n) is 6.37. The molecular weight excluding hydrogens is 276 g/mol. The zero-order valence-corrected chi connectivity index (χ0v) is 12.2. The lowest BCUT2D eigenvalue weighted by Gasteiger charge is -2.27. The Morgan fingerprint density at radius 3 is 2.76 bits per heavy atom. The molecule has 1 aromatic carbocycles. The number of likely N-dealkylation sites (tertiary alicyclic amines) is 1. The molecule has 0 aromatic heterocycles. The van der Waals surface area contributed by atoms with Crippen molar-refractivity contribution in [3.05, 3.63) is 34.3 Å². The lowest BCUT2D eigenvalue weighted by Crippen LogP contribution is -2.30. The maximum Gasteiger partial charge on any atom is 0.0346 e. The van der Waals surface area contributed by atoms with Gasteiger partial charge in [0, 0.05) is 29.6 Å². The summed E-state index contributed by atoms with van der Waals surface area (Å²) in [5.41, 5.74) is 7.51. The fourth-order valence-corrected chi connectivity index (χ4v) is 3.12. The third-order valence-corrected chi connectivity index (χ3v) is 4.25. The van der Waals surface area contributed by atoms with E-state index >= 15 is 0 Å². The van der Waals surface area contributed by atoms with Crippen molar-refractivity contribution in [3.63, 3.8) is 0 Å². The van der Waals surface area contributed by atoms with E-state index < -0.39 is 0 Å². The number of rotatable bonds is 3. The van der Waals surface area contributed by atoms with Crippen molar-refractivity contribution < 1.29 is 0 Å². The number of halogens is 1. The normalized spacial score (nSPS) is 27.3. The maximum atomic E-state index is 6.12. The molecule has 1 aliphatic heterocycles. The van der Waals surface area contributed by atoms with E-state index in [4.69, 9.17) is 5.73 Å². The van der Waals surface area contributed by atoms with Crippen LogP contribution in [0.25, 0.3) is 0 Å². The van der Waals surface area contributed by atoms with E-state index in [0.29, 0.717) is 18.0 Å².